The fourth-order valence-electron chi connectivity index (χ4n) is 2.75. The minimum absolute atomic E-state index is 0.159. The van der Waals surface area contributed by atoms with E-state index in [1.54, 1.807) is 4.90 Å². The summed E-state index contributed by atoms with van der Waals surface area (Å²) in [5.74, 6) is -0.159. The van der Waals surface area contributed by atoms with Crippen molar-refractivity contribution in [1.29, 1.82) is 0 Å². The van der Waals surface area contributed by atoms with Crippen molar-refractivity contribution >= 4 is 23.2 Å². The predicted octanol–water partition coefficient (Wildman–Crippen LogP) is 3.12. The average molecular weight is 325 g/mol. The van der Waals surface area contributed by atoms with E-state index in [0.29, 0.717) is 17.3 Å². The van der Waals surface area contributed by atoms with E-state index in [4.69, 9.17) is 11.6 Å². The second kappa shape index (κ2) is 5.52. The van der Waals surface area contributed by atoms with Crippen molar-refractivity contribution in [3.8, 4) is 5.69 Å². The molecule has 1 aromatic heterocycles. The maximum Gasteiger partial charge on any atom is 0.280 e. The monoisotopic (exact) mass is 324 g/mol. The van der Waals surface area contributed by atoms with E-state index in [9.17, 15) is 4.79 Å². The molecule has 1 aliphatic heterocycles. The van der Waals surface area contributed by atoms with Gasteiger partial charge in [-0.15, -0.1) is 5.10 Å². The molecular formula is C17H13ClN4O. The van der Waals surface area contributed by atoms with Gasteiger partial charge in [0.2, 0.25) is 0 Å². The van der Waals surface area contributed by atoms with Gasteiger partial charge in [-0.3, -0.25) is 4.79 Å². The summed E-state index contributed by atoms with van der Waals surface area (Å²) in [7, 11) is 0. The summed E-state index contributed by atoms with van der Waals surface area (Å²) in [6, 6.07) is 15.1. The summed E-state index contributed by atoms with van der Waals surface area (Å²) in [4.78, 5) is 15.9. The third kappa shape index (κ3) is 2.49. The summed E-state index contributed by atoms with van der Waals surface area (Å²) in [6.45, 7) is 0.632. The topological polar surface area (TPSA) is 51.0 Å². The Morgan fingerprint density at radius 1 is 1.13 bits per heavy atom. The predicted molar refractivity (Wildman–Crippen MR) is 88.2 cm³/mol. The van der Waals surface area contributed by atoms with Gasteiger partial charge in [0.1, 0.15) is 0 Å². The zero-order chi connectivity index (χ0) is 15.8. The minimum Gasteiger partial charge on any atom is -0.306 e. The van der Waals surface area contributed by atoms with Gasteiger partial charge in [-0.2, -0.15) is 9.90 Å². The molecule has 0 spiro atoms. The minimum atomic E-state index is -0.159. The average Bonchev–Trinajstić information content (AvgIpc) is 3.22. The summed E-state index contributed by atoms with van der Waals surface area (Å²) >= 11 is 6.05. The lowest BCUT2D eigenvalue weighted by Gasteiger charge is -2.15. The third-order valence-corrected chi connectivity index (χ3v) is 4.12. The van der Waals surface area contributed by atoms with Crippen LogP contribution in [0.15, 0.2) is 54.7 Å². The largest absolute Gasteiger partial charge is 0.306 e. The van der Waals surface area contributed by atoms with Crippen LogP contribution in [0.25, 0.3) is 5.69 Å². The zero-order valence-corrected chi connectivity index (χ0v) is 12.9. The Kier molecular flexibility index (Phi) is 3.35. The van der Waals surface area contributed by atoms with Gasteiger partial charge in [0.25, 0.3) is 5.91 Å². The van der Waals surface area contributed by atoms with Crippen LogP contribution < -0.4 is 4.90 Å². The zero-order valence-electron chi connectivity index (χ0n) is 12.2. The molecule has 2 heterocycles. The van der Waals surface area contributed by atoms with Crippen LogP contribution in [0.1, 0.15) is 16.1 Å². The van der Waals surface area contributed by atoms with Gasteiger partial charge in [-0.25, -0.2) is 0 Å². The highest BCUT2D eigenvalue weighted by atomic mass is 35.5. The fourth-order valence-corrected chi connectivity index (χ4v) is 2.91. The number of para-hydroxylation sites is 1. The number of amides is 1. The molecule has 5 nitrogen and oxygen atoms in total. The van der Waals surface area contributed by atoms with E-state index in [0.717, 1.165) is 23.4 Å². The molecule has 0 unspecified atom stereocenters. The SMILES string of the molecule is O=C(c1cnn(-c2ccccc2)n1)N1CCc2ccc(Cl)cc21. The number of carbonyl (C=O) groups is 1. The van der Waals surface area contributed by atoms with Crippen LogP contribution in [0.5, 0.6) is 0 Å². The Morgan fingerprint density at radius 2 is 1.96 bits per heavy atom. The lowest BCUT2D eigenvalue weighted by molar-refractivity contribution is 0.0984. The van der Waals surface area contributed by atoms with Crippen molar-refractivity contribution in [2.75, 3.05) is 11.4 Å². The van der Waals surface area contributed by atoms with Crippen molar-refractivity contribution in [3.63, 3.8) is 0 Å². The molecule has 0 saturated carbocycles. The van der Waals surface area contributed by atoms with Gasteiger partial charge in [0, 0.05) is 17.3 Å². The molecule has 0 fully saturated rings. The van der Waals surface area contributed by atoms with Crippen molar-refractivity contribution in [3.05, 3.63) is 71.0 Å². The van der Waals surface area contributed by atoms with Crippen LogP contribution in [-0.4, -0.2) is 27.4 Å². The maximum absolute atomic E-state index is 12.7. The number of fused-ring (bicyclic) bond motifs is 1. The number of anilines is 1. The first-order valence-corrected chi connectivity index (χ1v) is 7.68. The quantitative estimate of drug-likeness (QED) is 0.727. The van der Waals surface area contributed by atoms with Crippen LogP contribution >= 0.6 is 11.6 Å². The first-order chi connectivity index (χ1) is 11.2. The molecule has 0 radical (unpaired) electrons. The van der Waals surface area contributed by atoms with Gasteiger partial charge in [0.05, 0.1) is 11.9 Å². The van der Waals surface area contributed by atoms with Gasteiger partial charge in [0.15, 0.2) is 5.69 Å². The van der Waals surface area contributed by atoms with Crippen LogP contribution in [0, 0.1) is 0 Å². The summed E-state index contributed by atoms with van der Waals surface area (Å²) in [5, 5.41) is 9.11. The molecule has 0 aliphatic carbocycles. The number of hydrogen-bond donors (Lipinski definition) is 0. The van der Waals surface area contributed by atoms with Gasteiger partial charge >= 0.3 is 0 Å². The van der Waals surface area contributed by atoms with Crippen LogP contribution in [0.2, 0.25) is 5.02 Å². The summed E-state index contributed by atoms with van der Waals surface area (Å²) in [5.41, 5.74) is 3.12. The summed E-state index contributed by atoms with van der Waals surface area (Å²) in [6.07, 6.45) is 2.32. The van der Waals surface area contributed by atoms with Crippen LogP contribution in [0.4, 0.5) is 5.69 Å². The Labute approximate surface area is 138 Å². The number of rotatable bonds is 2. The van der Waals surface area contributed by atoms with Crippen molar-refractivity contribution in [2.24, 2.45) is 0 Å². The first kappa shape index (κ1) is 14.0. The molecule has 3 aromatic rings. The van der Waals surface area contributed by atoms with E-state index in [1.807, 2.05) is 48.5 Å². The van der Waals surface area contributed by atoms with E-state index in [-0.39, 0.29) is 5.91 Å². The highest BCUT2D eigenvalue weighted by Crippen LogP contribution is 2.31. The van der Waals surface area contributed by atoms with Crippen LogP contribution in [0.3, 0.4) is 0 Å². The molecule has 2 aromatic carbocycles. The maximum atomic E-state index is 12.7. The molecule has 23 heavy (non-hydrogen) atoms. The molecule has 4 rings (SSSR count). The standard InChI is InChI=1S/C17H13ClN4O/c18-13-7-6-12-8-9-21(16(12)10-13)17(23)15-11-19-22(20-15)14-4-2-1-3-5-14/h1-7,10-11H,8-9H2. The Balaban J connectivity index is 1.64. The summed E-state index contributed by atoms with van der Waals surface area (Å²) < 4.78 is 0. The van der Waals surface area contributed by atoms with Crippen molar-refractivity contribution in [2.45, 2.75) is 6.42 Å². The molecule has 0 atom stereocenters. The smallest absolute Gasteiger partial charge is 0.280 e. The number of benzene rings is 2. The fraction of sp³-hybridized carbons (Fsp3) is 0.118. The molecule has 6 heteroatoms. The number of aromatic nitrogens is 3. The molecule has 1 amide bonds. The number of hydrogen-bond acceptors (Lipinski definition) is 3. The highest BCUT2D eigenvalue weighted by Gasteiger charge is 2.27. The van der Waals surface area contributed by atoms with Crippen molar-refractivity contribution < 1.29 is 4.79 Å². The third-order valence-electron chi connectivity index (χ3n) is 3.89. The first-order valence-electron chi connectivity index (χ1n) is 7.30. The second-order valence-corrected chi connectivity index (χ2v) is 5.77. The highest BCUT2D eigenvalue weighted by molar-refractivity contribution is 6.31. The number of carbonyl (C=O) groups excluding carboxylic acids is 1. The normalized spacial score (nSPS) is 13.2. The van der Waals surface area contributed by atoms with Gasteiger partial charge in [-0.05, 0) is 36.2 Å². The van der Waals surface area contributed by atoms with Crippen LogP contribution in [-0.2, 0) is 6.42 Å². The van der Waals surface area contributed by atoms with Crippen molar-refractivity contribution in [1.82, 2.24) is 15.0 Å². The molecule has 1 aliphatic rings. The molecule has 0 saturated heterocycles. The molecule has 0 N–H and O–H groups in total. The Hall–Kier alpha value is -2.66. The lowest BCUT2D eigenvalue weighted by Crippen LogP contribution is -2.29. The molecule has 0 bridgehead atoms. The van der Waals surface area contributed by atoms with Gasteiger partial charge < -0.3 is 4.90 Å². The van der Waals surface area contributed by atoms with E-state index < -0.39 is 0 Å². The molecule has 114 valence electrons. The number of halogens is 1. The van der Waals surface area contributed by atoms with E-state index in [2.05, 4.69) is 10.2 Å². The second-order valence-electron chi connectivity index (χ2n) is 5.33. The Morgan fingerprint density at radius 3 is 2.78 bits per heavy atom. The van der Waals surface area contributed by atoms with E-state index >= 15 is 0 Å². The van der Waals surface area contributed by atoms with Gasteiger partial charge in [-0.1, -0.05) is 35.9 Å². The number of nitrogens with zero attached hydrogens (tertiary/aromatic N) is 4. The lowest BCUT2D eigenvalue weighted by atomic mass is 10.2. The molecular weight excluding hydrogens is 312 g/mol. The van der Waals surface area contributed by atoms with E-state index in [1.165, 1.54) is 11.0 Å². The Bertz CT molecular complexity index is 875.